The molecule has 33 heavy (non-hydrogen) atoms. The van der Waals surface area contributed by atoms with Crippen molar-refractivity contribution >= 4 is 29.6 Å². The number of H-pyrrole nitrogens is 2. The number of nitrogens with zero attached hydrogens (tertiary/aromatic N) is 2. The molecule has 0 aliphatic heterocycles. The van der Waals surface area contributed by atoms with Crippen LogP contribution in [0.15, 0.2) is 79.3 Å². The molecule has 2 N–H and O–H groups in total. The molecule has 0 fully saturated rings. The van der Waals surface area contributed by atoms with Gasteiger partial charge < -0.3 is 22.4 Å². The molecule has 4 nitrogen and oxygen atoms in total. The third kappa shape index (κ3) is 9.90. The average Bonchev–Trinajstić information content (AvgIpc) is 3.35. The molecule has 0 amide bonds. The van der Waals surface area contributed by atoms with Gasteiger partial charge in [-0.3, -0.25) is 4.98 Å². The molecule has 3 heterocycles. The molecule has 2 aromatic carbocycles. The van der Waals surface area contributed by atoms with E-state index >= 15 is 0 Å². The summed E-state index contributed by atoms with van der Waals surface area (Å²) in [6.45, 7) is 0. The average molecular weight is 593 g/mol. The summed E-state index contributed by atoms with van der Waals surface area (Å²) in [5, 5.41) is 2.38. The minimum absolute atomic E-state index is 0. The van der Waals surface area contributed by atoms with Crippen LogP contribution in [0.5, 0.6) is 0 Å². The van der Waals surface area contributed by atoms with Crippen molar-refractivity contribution in [3.8, 4) is 11.5 Å². The van der Waals surface area contributed by atoms with Crippen LogP contribution in [-0.4, -0.2) is 19.9 Å². The van der Waals surface area contributed by atoms with Crippen molar-refractivity contribution < 1.29 is 57.1 Å². The Morgan fingerprint density at radius 1 is 0.758 bits per heavy atom. The van der Waals surface area contributed by atoms with Crippen LogP contribution in [0, 0.1) is 6.07 Å². The Balaban J connectivity index is 0.000000306. The first-order chi connectivity index (χ1) is 14.4. The van der Waals surface area contributed by atoms with E-state index in [9.17, 15) is 25.2 Å². The van der Waals surface area contributed by atoms with Gasteiger partial charge in [0.05, 0.1) is 5.52 Å². The van der Waals surface area contributed by atoms with Crippen molar-refractivity contribution in [2.24, 2.45) is 0 Å². The van der Waals surface area contributed by atoms with Crippen molar-refractivity contribution in [3.63, 3.8) is 0 Å². The number of aromatic nitrogens is 4. The van der Waals surface area contributed by atoms with Gasteiger partial charge in [-0.2, -0.15) is 36.4 Å². The topological polar surface area (TPSA) is 57.4 Å². The van der Waals surface area contributed by atoms with Crippen molar-refractivity contribution in [2.75, 3.05) is 0 Å². The predicted octanol–water partition coefficient (Wildman–Crippen LogP) is 4.98. The van der Waals surface area contributed by atoms with E-state index < -0.39 is 7.81 Å². The van der Waals surface area contributed by atoms with Gasteiger partial charge in [0, 0.05) is 34.9 Å². The van der Waals surface area contributed by atoms with Gasteiger partial charge in [0.1, 0.15) is 5.69 Å². The monoisotopic (exact) mass is 593 g/mol. The van der Waals surface area contributed by atoms with Gasteiger partial charge in [0.2, 0.25) is 0 Å². The van der Waals surface area contributed by atoms with Crippen LogP contribution in [0.25, 0.3) is 33.3 Å². The van der Waals surface area contributed by atoms with Gasteiger partial charge in [-0.05, 0) is 12.1 Å². The number of nitrogens with one attached hydrogen (secondary N) is 2. The van der Waals surface area contributed by atoms with Gasteiger partial charge in [-0.1, -0.05) is 18.2 Å². The normalized spacial score (nSPS) is 12.5. The zero-order valence-electron chi connectivity index (χ0n) is 16.3. The zero-order chi connectivity index (χ0) is 22.6. The smallest absolute Gasteiger partial charge is 1.00 e. The number of pyridine rings is 1. The van der Waals surface area contributed by atoms with E-state index in [-0.39, 0.29) is 31.9 Å². The molecule has 13 heteroatoms. The molecule has 0 atom stereocenters. The van der Waals surface area contributed by atoms with E-state index in [1.807, 2.05) is 54.7 Å². The first-order valence-electron chi connectivity index (χ1n) is 8.71. The second kappa shape index (κ2) is 10.2. The van der Waals surface area contributed by atoms with Crippen LogP contribution in [-0.2, 0) is 19.5 Å². The maximum atomic E-state index is 9.87. The van der Waals surface area contributed by atoms with Crippen molar-refractivity contribution in [2.45, 2.75) is 0 Å². The Morgan fingerprint density at radius 3 is 1.91 bits per heavy atom. The largest absolute Gasteiger partial charge is 3.00 e. The zero-order valence-corrected chi connectivity index (χ0v) is 19.7. The Morgan fingerprint density at radius 2 is 1.39 bits per heavy atom. The molecular weight excluding hydrogens is 578 g/mol. The van der Waals surface area contributed by atoms with Crippen LogP contribution in [0.4, 0.5) is 25.2 Å². The Hall–Kier alpha value is -2.48. The second-order valence-corrected chi connectivity index (χ2v) is 8.14. The third-order valence-corrected chi connectivity index (χ3v) is 3.76. The summed E-state index contributed by atoms with van der Waals surface area (Å²) in [6, 6.07) is 22.8. The van der Waals surface area contributed by atoms with Gasteiger partial charge in [-0.25, -0.2) is 4.98 Å². The van der Waals surface area contributed by atoms with Crippen LogP contribution in [0.1, 0.15) is 0 Å². The number of para-hydroxylation sites is 1. The number of hydrogen-bond donors (Lipinski definition) is 2. The van der Waals surface area contributed by atoms with E-state index in [4.69, 9.17) is 0 Å². The van der Waals surface area contributed by atoms with E-state index in [0.717, 1.165) is 22.6 Å². The first-order valence-corrected chi connectivity index (χ1v) is 10.7. The van der Waals surface area contributed by atoms with Crippen molar-refractivity contribution in [3.05, 3.63) is 85.3 Å². The molecule has 0 unspecified atom stereocenters. The van der Waals surface area contributed by atoms with E-state index in [2.05, 4.69) is 38.1 Å². The molecular formula is C20H15ClF6N4PRu. The van der Waals surface area contributed by atoms with Crippen molar-refractivity contribution in [1.29, 1.82) is 0 Å². The molecule has 3 aromatic heterocycles. The molecule has 0 bridgehead atoms. The number of hydrogen-bond acceptors (Lipinski definition) is 2. The van der Waals surface area contributed by atoms with Gasteiger partial charge in [0.15, 0.2) is 5.82 Å². The fourth-order valence-electron chi connectivity index (χ4n) is 2.69. The Labute approximate surface area is 203 Å². The van der Waals surface area contributed by atoms with E-state index in [1.54, 1.807) is 12.4 Å². The molecule has 1 radical (unpaired) electrons. The van der Waals surface area contributed by atoms with Gasteiger partial charge in [-0.15, -0.1) is 0 Å². The van der Waals surface area contributed by atoms with Crippen LogP contribution in [0.3, 0.4) is 0 Å². The van der Waals surface area contributed by atoms with Crippen LogP contribution >= 0.6 is 7.81 Å². The van der Waals surface area contributed by atoms with Gasteiger partial charge >= 0.3 is 52.5 Å². The molecule has 0 aliphatic carbocycles. The maximum absolute atomic E-state index is 10.7. The molecule has 0 saturated carbocycles. The quantitative estimate of drug-likeness (QED) is 0.125. The minimum Gasteiger partial charge on any atom is -1.00 e. The summed E-state index contributed by atoms with van der Waals surface area (Å²) in [4.78, 5) is 15.2. The molecule has 0 spiro atoms. The molecule has 177 valence electrons. The van der Waals surface area contributed by atoms with Crippen LogP contribution in [0.2, 0.25) is 0 Å². The second-order valence-electron chi connectivity index (χ2n) is 6.23. The Kier molecular flexibility index (Phi) is 8.83. The number of aromatic amines is 2. The number of rotatable bonds is 1. The summed E-state index contributed by atoms with van der Waals surface area (Å²) in [7, 11) is -10.7. The van der Waals surface area contributed by atoms with E-state index in [0.29, 0.717) is 0 Å². The summed E-state index contributed by atoms with van der Waals surface area (Å²) in [5.74, 6) is 0.784. The number of halogens is 7. The fourth-order valence-corrected chi connectivity index (χ4v) is 2.69. The number of imidazole rings is 1. The van der Waals surface area contributed by atoms with Gasteiger partial charge in [0.25, 0.3) is 0 Å². The van der Waals surface area contributed by atoms with Crippen LogP contribution < -0.4 is 12.4 Å². The molecule has 5 rings (SSSR count). The summed E-state index contributed by atoms with van der Waals surface area (Å²) >= 11 is 0. The minimum atomic E-state index is -10.7. The third-order valence-electron chi connectivity index (χ3n) is 3.76. The summed E-state index contributed by atoms with van der Waals surface area (Å²) in [5.41, 5.74) is 3.00. The Bertz CT molecular complexity index is 1240. The summed E-state index contributed by atoms with van der Waals surface area (Å²) < 4.78 is 59.2. The van der Waals surface area contributed by atoms with Crippen molar-refractivity contribution in [1.82, 2.24) is 19.9 Å². The predicted molar refractivity (Wildman–Crippen MR) is 110 cm³/mol. The fraction of sp³-hybridized carbons (Fsp3) is 0. The molecule has 0 saturated heterocycles. The maximum Gasteiger partial charge on any atom is 3.00 e. The molecule has 5 aromatic rings. The number of fused-ring (bicyclic) bond motifs is 3. The standard InChI is InChI=1S/C14H10N4.C6H5.ClH.F6P.Ru/c1-2-4-11-9(3-1)10-5-6-15-13(12(10)18-11)14-16-7-8-17-14;1-2-4-6-5-3-1;;1-7(2,3,4,5)6;/h1-8,18H,(H,16,17);1-5H;1H;;/q;-1;;-1;+3/p-1. The SMILES string of the molecule is F[P-](F)(F)(F)(F)F.[Cl-].[Ru+3].[c-]1ccccc1.c1ccc2c(c1)[nH]c1c(-c3ncc[nH]3)nccc12. The first kappa shape index (κ1) is 28.6. The molecule has 0 aliphatic rings. The number of benzene rings is 2. The summed E-state index contributed by atoms with van der Waals surface area (Å²) in [6.07, 6.45) is 5.36. The van der Waals surface area contributed by atoms with E-state index in [1.165, 1.54) is 10.8 Å².